The quantitative estimate of drug-likeness (QED) is 0.932. The number of nitrogens with one attached hydrogen (secondary N) is 1. The number of carbonyl (C=O) groups excluding carboxylic acids is 1. The molecule has 1 aromatic heterocycles. The van der Waals surface area contributed by atoms with E-state index in [1.54, 1.807) is 0 Å². The van der Waals surface area contributed by atoms with Gasteiger partial charge in [0.1, 0.15) is 5.82 Å². The van der Waals surface area contributed by atoms with Crippen LogP contribution in [0.3, 0.4) is 0 Å². The monoisotopic (exact) mass is 302 g/mol. The average molecular weight is 302 g/mol. The van der Waals surface area contributed by atoms with Crippen LogP contribution in [0.25, 0.3) is 0 Å². The zero-order valence-corrected chi connectivity index (χ0v) is 13.3. The highest BCUT2D eigenvalue weighted by molar-refractivity contribution is 5.74. The normalized spacial score (nSPS) is 22.5. The van der Waals surface area contributed by atoms with Crippen molar-refractivity contribution in [2.24, 2.45) is 5.92 Å². The van der Waals surface area contributed by atoms with Gasteiger partial charge in [0.05, 0.1) is 0 Å². The molecule has 1 saturated carbocycles. The van der Waals surface area contributed by atoms with Crippen LogP contribution in [0.1, 0.15) is 56.0 Å². The fourth-order valence-corrected chi connectivity index (χ4v) is 3.79. The van der Waals surface area contributed by atoms with Gasteiger partial charge in [0, 0.05) is 44.0 Å². The number of piperidine rings is 1. The first-order valence-electron chi connectivity index (χ1n) is 8.88. The van der Waals surface area contributed by atoms with Gasteiger partial charge in [-0.15, -0.1) is 0 Å². The standard InChI is InChI=1S/C17H26N4O/c22-17(19-11-13-4-5-13)20-9-6-14(7-10-20)16-18-12-15-3-1-2-8-21(15)16/h12-14H,1-11H2,(H,19,22). The van der Waals surface area contributed by atoms with E-state index in [1.165, 1.54) is 43.6 Å². The topological polar surface area (TPSA) is 50.2 Å². The van der Waals surface area contributed by atoms with Gasteiger partial charge in [-0.1, -0.05) is 0 Å². The van der Waals surface area contributed by atoms with Gasteiger partial charge in [0.2, 0.25) is 0 Å². The molecule has 0 radical (unpaired) electrons. The number of fused-ring (bicyclic) bond motifs is 1. The van der Waals surface area contributed by atoms with E-state index in [0.29, 0.717) is 5.92 Å². The van der Waals surface area contributed by atoms with Crippen LogP contribution in [0.4, 0.5) is 4.79 Å². The molecule has 1 aromatic rings. The maximum Gasteiger partial charge on any atom is 0.317 e. The van der Waals surface area contributed by atoms with Crippen molar-refractivity contribution in [2.45, 2.75) is 57.4 Å². The van der Waals surface area contributed by atoms with Crippen molar-refractivity contribution in [3.63, 3.8) is 0 Å². The van der Waals surface area contributed by atoms with Crippen LogP contribution in [0.15, 0.2) is 6.20 Å². The fourth-order valence-electron chi connectivity index (χ4n) is 3.79. The lowest BCUT2D eigenvalue weighted by atomic mass is 9.95. The second kappa shape index (κ2) is 5.94. The predicted molar refractivity (Wildman–Crippen MR) is 84.8 cm³/mol. The Hall–Kier alpha value is -1.52. The minimum Gasteiger partial charge on any atom is -0.338 e. The third-order valence-electron chi connectivity index (χ3n) is 5.42. The first-order chi connectivity index (χ1) is 10.8. The number of carbonyl (C=O) groups is 1. The number of amides is 2. The van der Waals surface area contributed by atoms with Crippen molar-refractivity contribution >= 4 is 6.03 Å². The Balaban J connectivity index is 1.33. The number of hydrogen-bond acceptors (Lipinski definition) is 2. The number of hydrogen-bond donors (Lipinski definition) is 1. The average Bonchev–Trinajstić information content (AvgIpc) is 3.30. The number of nitrogens with zero attached hydrogens (tertiary/aromatic N) is 3. The summed E-state index contributed by atoms with van der Waals surface area (Å²) in [5.41, 5.74) is 1.41. The molecule has 4 rings (SSSR count). The molecule has 0 bridgehead atoms. The van der Waals surface area contributed by atoms with E-state index in [1.807, 2.05) is 4.90 Å². The Morgan fingerprint density at radius 3 is 2.77 bits per heavy atom. The molecule has 1 aliphatic carbocycles. The second-order valence-corrected chi connectivity index (χ2v) is 7.11. The molecule has 0 aromatic carbocycles. The predicted octanol–water partition coefficient (Wildman–Crippen LogP) is 2.52. The molecule has 2 fully saturated rings. The molecule has 1 N–H and O–H groups in total. The van der Waals surface area contributed by atoms with E-state index in [0.717, 1.165) is 44.9 Å². The van der Waals surface area contributed by atoms with Gasteiger partial charge >= 0.3 is 6.03 Å². The van der Waals surface area contributed by atoms with Crippen molar-refractivity contribution in [2.75, 3.05) is 19.6 Å². The second-order valence-electron chi connectivity index (χ2n) is 7.11. The summed E-state index contributed by atoms with van der Waals surface area (Å²) in [5, 5.41) is 3.08. The van der Waals surface area contributed by atoms with Crippen LogP contribution in [0.2, 0.25) is 0 Å². The summed E-state index contributed by atoms with van der Waals surface area (Å²) in [7, 11) is 0. The molecule has 5 heteroatoms. The lowest BCUT2D eigenvalue weighted by Crippen LogP contribution is -2.44. The van der Waals surface area contributed by atoms with E-state index in [2.05, 4.69) is 16.1 Å². The zero-order valence-electron chi connectivity index (χ0n) is 13.3. The molecule has 0 spiro atoms. The van der Waals surface area contributed by atoms with E-state index < -0.39 is 0 Å². The summed E-state index contributed by atoms with van der Waals surface area (Å²) >= 11 is 0. The summed E-state index contributed by atoms with van der Waals surface area (Å²) in [4.78, 5) is 18.8. The van der Waals surface area contributed by atoms with Crippen LogP contribution >= 0.6 is 0 Å². The molecule has 3 heterocycles. The first-order valence-corrected chi connectivity index (χ1v) is 8.88. The minimum atomic E-state index is 0.135. The molecular weight excluding hydrogens is 276 g/mol. The molecule has 5 nitrogen and oxygen atoms in total. The van der Waals surface area contributed by atoms with E-state index >= 15 is 0 Å². The lowest BCUT2D eigenvalue weighted by Gasteiger charge is -2.32. The Kier molecular flexibility index (Phi) is 3.80. The maximum absolute atomic E-state index is 12.2. The molecule has 2 amide bonds. The van der Waals surface area contributed by atoms with Gasteiger partial charge in [-0.3, -0.25) is 0 Å². The Morgan fingerprint density at radius 2 is 2.00 bits per heavy atom. The van der Waals surface area contributed by atoms with Crippen molar-refractivity contribution in [3.05, 3.63) is 17.7 Å². The molecule has 0 atom stereocenters. The minimum absolute atomic E-state index is 0.135. The molecule has 1 saturated heterocycles. The number of aryl methyl sites for hydroxylation is 1. The van der Waals surface area contributed by atoms with Gasteiger partial charge < -0.3 is 14.8 Å². The number of urea groups is 1. The third-order valence-corrected chi connectivity index (χ3v) is 5.42. The van der Waals surface area contributed by atoms with Crippen LogP contribution in [-0.2, 0) is 13.0 Å². The molecule has 3 aliphatic rings. The van der Waals surface area contributed by atoms with Crippen molar-refractivity contribution in [1.29, 1.82) is 0 Å². The van der Waals surface area contributed by atoms with Crippen molar-refractivity contribution in [3.8, 4) is 0 Å². The molecule has 2 aliphatic heterocycles. The zero-order chi connectivity index (χ0) is 14.9. The Morgan fingerprint density at radius 1 is 1.18 bits per heavy atom. The number of aromatic nitrogens is 2. The summed E-state index contributed by atoms with van der Waals surface area (Å²) in [6, 6.07) is 0.135. The fraction of sp³-hybridized carbons (Fsp3) is 0.765. The summed E-state index contributed by atoms with van der Waals surface area (Å²) in [5.74, 6) is 2.55. The summed E-state index contributed by atoms with van der Waals surface area (Å²) in [6.07, 6.45) is 10.5. The van der Waals surface area contributed by atoms with E-state index in [9.17, 15) is 4.79 Å². The number of rotatable bonds is 3. The highest BCUT2D eigenvalue weighted by Gasteiger charge is 2.29. The van der Waals surface area contributed by atoms with Crippen LogP contribution in [0, 0.1) is 5.92 Å². The largest absolute Gasteiger partial charge is 0.338 e. The summed E-state index contributed by atoms with van der Waals surface area (Å²) in [6.45, 7) is 3.73. The van der Waals surface area contributed by atoms with Crippen molar-refractivity contribution in [1.82, 2.24) is 19.8 Å². The van der Waals surface area contributed by atoms with Gasteiger partial charge in [0.15, 0.2) is 0 Å². The van der Waals surface area contributed by atoms with Gasteiger partial charge in [-0.2, -0.15) is 0 Å². The SMILES string of the molecule is O=C(NCC1CC1)N1CCC(c2ncc3n2CCCC3)CC1. The van der Waals surface area contributed by atoms with Gasteiger partial charge in [0.25, 0.3) is 0 Å². The molecule has 22 heavy (non-hydrogen) atoms. The Labute approximate surface area is 132 Å². The molecular formula is C17H26N4O. The molecule has 0 unspecified atom stereocenters. The maximum atomic E-state index is 12.2. The van der Waals surface area contributed by atoms with Crippen LogP contribution < -0.4 is 5.32 Å². The Bertz CT molecular complexity index is 541. The van der Waals surface area contributed by atoms with Crippen LogP contribution in [-0.4, -0.2) is 40.1 Å². The smallest absolute Gasteiger partial charge is 0.317 e. The third kappa shape index (κ3) is 2.85. The van der Waals surface area contributed by atoms with Gasteiger partial charge in [-0.05, 0) is 50.9 Å². The number of likely N-dealkylation sites (tertiary alicyclic amines) is 1. The van der Waals surface area contributed by atoms with E-state index in [4.69, 9.17) is 4.98 Å². The highest BCUT2D eigenvalue weighted by Crippen LogP contribution is 2.30. The van der Waals surface area contributed by atoms with E-state index in [-0.39, 0.29) is 6.03 Å². The highest BCUT2D eigenvalue weighted by atomic mass is 16.2. The lowest BCUT2D eigenvalue weighted by molar-refractivity contribution is 0.179. The molecule has 120 valence electrons. The first kappa shape index (κ1) is 14.1. The number of imidazole rings is 1. The summed E-state index contributed by atoms with van der Waals surface area (Å²) < 4.78 is 2.44. The van der Waals surface area contributed by atoms with Crippen molar-refractivity contribution < 1.29 is 4.79 Å². The van der Waals surface area contributed by atoms with Crippen LogP contribution in [0.5, 0.6) is 0 Å². The van der Waals surface area contributed by atoms with Gasteiger partial charge in [-0.25, -0.2) is 9.78 Å².